The van der Waals surface area contributed by atoms with Crippen LogP contribution in [0.15, 0.2) is 15.9 Å². The van der Waals surface area contributed by atoms with E-state index in [1.165, 1.54) is 0 Å². The number of aromatic amines is 3. The minimum absolute atomic E-state index is 0.105. The predicted molar refractivity (Wildman–Crippen MR) is 37.3 cm³/mol. The van der Waals surface area contributed by atoms with Crippen LogP contribution in [0.1, 0.15) is 1.37 Å². The standard InChI is InChI=1S/C5H4N4O2/c10-4-2-3(7-1-6-2)8-5(11)9-4/h1H,(H3,6,7,8,9,10,11)/i1D. The van der Waals surface area contributed by atoms with Crippen molar-refractivity contribution in [1.29, 1.82) is 0 Å². The van der Waals surface area contributed by atoms with Crippen LogP contribution < -0.4 is 11.2 Å². The van der Waals surface area contributed by atoms with Gasteiger partial charge in [0.05, 0.1) is 6.30 Å². The molecule has 0 bridgehead atoms. The predicted octanol–water partition coefficient (Wildman–Crippen LogP) is -1.06. The lowest BCUT2D eigenvalue weighted by molar-refractivity contribution is 1.07. The van der Waals surface area contributed by atoms with Gasteiger partial charge in [0.25, 0.3) is 5.56 Å². The van der Waals surface area contributed by atoms with E-state index < -0.39 is 11.2 Å². The molecule has 0 saturated carbocycles. The second-order valence-electron chi connectivity index (χ2n) is 1.98. The fourth-order valence-corrected chi connectivity index (χ4v) is 0.814. The van der Waals surface area contributed by atoms with Gasteiger partial charge < -0.3 is 4.98 Å². The van der Waals surface area contributed by atoms with Crippen molar-refractivity contribution in [3.8, 4) is 0 Å². The molecule has 0 atom stereocenters. The van der Waals surface area contributed by atoms with E-state index in [0.717, 1.165) is 0 Å². The number of hydrogen-bond acceptors (Lipinski definition) is 3. The lowest BCUT2D eigenvalue weighted by Gasteiger charge is -1.83. The van der Waals surface area contributed by atoms with Gasteiger partial charge in [-0.2, -0.15) is 0 Å². The summed E-state index contributed by atoms with van der Waals surface area (Å²) in [6.07, 6.45) is -0.155. The third-order valence-corrected chi connectivity index (χ3v) is 1.27. The number of aromatic nitrogens is 4. The SMILES string of the molecule is [2H]c1nc2[nH]c(=O)[nH]c(=O)c2[nH]1. The number of H-pyrrole nitrogens is 3. The summed E-state index contributed by atoms with van der Waals surface area (Å²) in [4.78, 5) is 31.9. The van der Waals surface area contributed by atoms with Crippen molar-refractivity contribution in [2.75, 3.05) is 0 Å². The van der Waals surface area contributed by atoms with E-state index in [1.54, 1.807) is 0 Å². The average Bonchev–Trinajstić information content (AvgIpc) is 2.29. The molecule has 2 heterocycles. The molecule has 3 N–H and O–H groups in total. The Labute approximate surface area is 60.7 Å². The Balaban J connectivity index is 3.08. The smallest absolute Gasteiger partial charge is 0.327 e. The Hall–Kier alpha value is -1.85. The van der Waals surface area contributed by atoms with Crippen molar-refractivity contribution in [3.63, 3.8) is 0 Å². The van der Waals surface area contributed by atoms with Crippen molar-refractivity contribution >= 4 is 11.2 Å². The topological polar surface area (TPSA) is 94.4 Å². The van der Waals surface area contributed by atoms with Gasteiger partial charge in [-0.1, -0.05) is 0 Å². The highest BCUT2D eigenvalue weighted by molar-refractivity contribution is 5.67. The largest absolute Gasteiger partial charge is 0.339 e. The Morgan fingerprint density at radius 3 is 3.09 bits per heavy atom. The summed E-state index contributed by atoms with van der Waals surface area (Å²) in [6.45, 7) is 0. The summed E-state index contributed by atoms with van der Waals surface area (Å²) in [5, 5.41) is 0. The first-order valence-corrected chi connectivity index (χ1v) is 2.86. The van der Waals surface area contributed by atoms with Crippen LogP contribution in [0.5, 0.6) is 0 Å². The molecule has 0 radical (unpaired) electrons. The van der Waals surface area contributed by atoms with E-state index >= 15 is 0 Å². The molecule has 0 aromatic carbocycles. The Bertz CT molecular complexity index is 536. The maximum Gasteiger partial charge on any atom is 0.327 e. The summed E-state index contributed by atoms with van der Waals surface area (Å²) in [5.41, 5.74) is -0.980. The van der Waals surface area contributed by atoms with Crippen molar-refractivity contribution in [3.05, 3.63) is 27.1 Å². The lowest BCUT2D eigenvalue weighted by Crippen LogP contribution is -2.21. The summed E-state index contributed by atoms with van der Waals surface area (Å²) in [5.74, 6) is 0. The van der Waals surface area contributed by atoms with Crippen LogP contribution in [-0.2, 0) is 0 Å². The Morgan fingerprint density at radius 1 is 1.45 bits per heavy atom. The molecule has 0 amide bonds. The molecular formula is C5H4N4O2. The Kier molecular flexibility index (Phi) is 0.807. The highest BCUT2D eigenvalue weighted by Crippen LogP contribution is 1.92. The van der Waals surface area contributed by atoms with E-state index in [1.807, 2.05) is 4.98 Å². The second-order valence-corrected chi connectivity index (χ2v) is 1.98. The van der Waals surface area contributed by atoms with Crippen LogP contribution in [0, 0.1) is 0 Å². The van der Waals surface area contributed by atoms with E-state index in [0.29, 0.717) is 0 Å². The number of rotatable bonds is 0. The zero-order valence-electron chi connectivity index (χ0n) is 6.26. The second kappa shape index (κ2) is 1.82. The maximum atomic E-state index is 11.0. The molecule has 0 aliphatic carbocycles. The highest BCUT2D eigenvalue weighted by atomic mass is 16.2. The van der Waals surface area contributed by atoms with Crippen LogP contribution in [0.25, 0.3) is 11.2 Å². The molecule has 0 aliphatic rings. The van der Waals surface area contributed by atoms with Crippen LogP contribution in [0.2, 0.25) is 0 Å². The average molecular weight is 153 g/mol. The molecule has 0 aliphatic heterocycles. The molecule has 0 spiro atoms. The van der Waals surface area contributed by atoms with Gasteiger partial charge in [-0.15, -0.1) is 0 Å². The number of nitrogens with zero attached hydrogens (tertiary/aromatic N) is 1. The van der Waals surface area contributed by atoms with Gasteiger partial charge in [-0.3, -0.25) is 14.8 Å². The molecule has 0 unspecified atom stereocenters. The maximum absolute atomic E-state index is 11.0. The van der Waals surface area contributed by atoms with Gasteiger partial charge in [0.2, 0.25) is 0 Å². The zero-order valence-corrected chi connectivity index (χ0v) is 5.26. The van der Waals surface area contributed by atoms with Gasteiger partial charge in [-0.25, -0.2) is 9.78 Å². The van der Waals surface area contributed by atoms with Gasteiger partial charge in [0.15, 0.2) is 5.65 Å². The number of imidazole rings is 1. The summed E-state index contributed by atoms with van der Waals surface area (Å²) in [7, 11) is 0. The minimum Gasteiger partial charge on any atom is -0.339 e. The monoisotopic (exact) mass is 153 g/mol. The molecule has 0 saturated heterocycles. The molecule has 2 aromatic heterocycles. The third-order valence-electron chi connectivity index (χ3n) is 1.27. The van der Waals surface area contributed by atoms with Crippen LogP contribution in [-0.4, -0.2) is 19.9 Å². The van der Waals surface area contributed by atoms with Crippen LogP contribution in [0.4, 0.5) is 0 Å². The van der Waals surface area contributed by atoms with Crippen LogP contribution in [0.3, 0.4) is 0 Å². The fourth-order valence-electron chi connectivity index (χ4n) is 0.814. The summed E-state index contributed by atoms with van der Waals surface area (Å²) in [6, 6.07) is 0. The van der Waals surface area contributed by atoms with Gasteiger partial charge >= 0.3 is 5.69 Å². The molecule has 11 heavy (non-hydrogen) atoms. The van der Waals surface area contributed by atoms with E-state index in [-0.39, 0.29) is 17.5 Å². The van der Waals surface area contributed by atoms with Crippen molar-refractivity contribution < 1.29 is 1.37 Å². The first kappa shape index (κ1) is 4.89. The number of nitrogens with one attached hydrogen (secondary N) is 3. The third kappa shape index (κ3) is 0.759. The van der Waals surface area contributed by atoms with E-state index in [2.05, 4.69) is 15.0 Å². The molecule has 2 rings (SSSR count). The molecule has 6 nitrogen and oxygen atoms in total. The van der Waals surface area contributed by atoms with Gasteiger partial charge in [0, 0.05) is 0 Å². The fraction of sp³-hybridized carbons (Fsp3) is 0. The lowest BCUT2D eigenvalue weighted by atomic mass is 10.5. The first-order valence-electron chi connectivity index (χ1n) is 3.36. The molecule has 2 aromatic rings. The molecular weight excluding hydrogens is 148 g/mol. The highest BCUT2D eigenvalue weighted by Gasteiger charge is 1.99. The van der Waals surface area contributed by atoms with Gasteiger partial charge in [0.1, 0.15) is 6.89 Å². The minimum atomic E-state index is -0.626. The van der Waals surface area contributed by atoms with Gasteiger partial charge in [-0.05, 0) is 0 Å². The van der Waals surface area contributed by atoms with Crippen LogP contribution >= 0.6 is 0 Å². The summed E-state index contributed by atoms with van der Waals surface area (Å²) >= 11 is 0. The Morgan fingerprint density at radius 2 is 2.27 bits per heavy atom. The van der Waals surface area contributed by atoms with E-state index in [4.69, 9.17) is 1.37 Å². The molecule has 6 heteroatoms. The van der Waals surface area contributed by atoms with Crippen molar-refractivity contribution in [2.24, 2.45) is 0 Å². The van der Waals surface area contributed by atoms with Crippen molar-refractivity contribution in [1.82, 2.24) is 19.9 Å². The number of hydrogen-bond donors (Lipinski definition) is 3. The zero-order chi connectivity index (χ0) is 8.72. The summed E-state index contributed by atoms with van der Waals surface area (Å²) < 4.78 is 7.05. The number of fused-ring (bicyclic) bond motifs is 1. The molecule has 56 valence electrons. The van der Waals surface area contributed by atoms with E-state index in [9.17, 15) is 9.59 Å². The van der Waals surface area contributed by atoms with Crippen molar-refractivity contribution in [2.45, 2.75) is 0 Å². The molecule has 0 fully saturated rings. The normalized spacial score (nSPS) is 11.8. The quantitative estimate of drug-likeness (QED) is 0.450. The first-order chi connectivity index (χ1) is 5.66.